The lowest BCUT2D eigenvalue weighted by Crippen LogP contribution is -2.43. The number of hydrogen-bond donors (Lipinski definition) is 4. The Morgan fingerprint density at radius 2 is 1.95 bits per heavy atom. The van der Waals surface area contributed by atoms with Gasteiger partial charge in [-0.05, 0) is 18.6 Å². The van der Waals surface area contributed by atoms with Crippen LogP contribution in [-0.2, 0) is 9.59 Å². The number of anilines is 1. The van der Waals surface area contributed by atoms with Gasteiger partial charge in [0.2, 0.25) is 5.91 Å². The van der Waals surface area contributed by atoms with E-state index in [2.05, 4.69) is 10.6 Å². The molecular weight excluding hydrogens is 269 g/mol. The summed E-state index contributed by atoms with van der Waals surface area (Å²) in [6.45, 7) is 0. The molecule has 20 heavy (non-hydrogen) atoms. The minimum atomic E-state index is -1.31. The van der Waals surface area contributed by atoms with Crippen LogP contribution in [0, 0.1) is 5.82 Å². The van der Waals surface area contributed by atoms with Crippen LogP contribution in [0.15, 0.2) is 24.3 Å². The average molecular weight is 283 g/mol. The van der Waals surface area contributed by atoms with Gasteiger partial charge in [0.15, 0.2) is 0 Å². The number of hydrogen-bond acceptors (Lipinski definition) is 3. The maximum absolute atomic E-state index is 13.3. The molecule has 0 fully saturated rings. The fourth-order valence-electron chi connectivity index (χ4n) is 1.42. The summed E-state index contributed by atoms with van der Waals surface area (Å²) in [5, 5.41) is 13.2. The second-order valence-corrected chi connectivity index (χ2v) is 3.97. The average Bonchev–Trinajstić information content (AvgIpc) is 2.36. The van der Waals surface area contributed by atoms with Crippen LogP contribution >= 0.6 is 0 Å². The minimum absolute atomic E-state index is 0.0796. The number of para-hydroxylation sites is 1. The molecule has 108 valence electrons. The Balaban J connectivity index is 2.60. The Labute approximate surface area is 114 Å². The number of carboxylic acid groups (broad SMARTS) is 1. The third-order valence-corrected chi connectivity index (χ3v) is 2.40. The molecule has 1 rings (SSSR count). The first kappa shape index (κ1) is 15.4. The highest BCUT2D eigenvalue weighted by atomic mass is 19.1. The van der Waals surface area contributed by atoms with Gasteiger partial charge in [-0.1, -0.05) is 12.1 Å². The zero-order valence-corrected chi connectivity index (χ0v) is 10.4. The molecule has 1 aromatic carbocycles. The summed E-state index contributed by atoms with van der Waals surface area (Å²) in [4.78, 5) is 33.1. The van der Waals surface area contributed by atoms with E-state index in [-0.39, 0.29) is 18.5 Å². The van der Waals surface area contributed by atoms with E-state index in [1.807, 2.05) is 0 Å². The van der Waals surface area contributed by atoms with Gasteiger partial charge in [0, 0.05) is 6.42 Å². The van der Waals surface area contributed by atoms with Crippen LogP contribution in [0.4, 0.5) is 14.9 Å². The Morgan fingerprint density at radius 3 is 2.50 bits per heavy atom. The van der Waals surface area contributed by atoms with Crippen molar-refractivity contribution < 1.29 is 23.9 Å². The number of benzene rings is 1. The van der Waals surface area contributed by atoms with E-state index in [9.17, 15) is 18.8 Å². The van der Waals surface area contributed by atoms with Crippen molar-refractivity contribution >= 4 is 23.6 Å². The SMILES string of the molecule is NC(=O)CC[C@@H](NC(=O)Nc1ccccc1F)C(=O)O. The summed E-state index contributed by atoms with van der Waals surface area (Å²) >= 11 is 0. The normalized spacial score (nSPS) is 11.4. The number of primary amides is 1. The lowest BCUT2D eigenvalue weighted by Gasteiger charge is -2.14. The van der Waals surface area contributed by atoms with E-state index in [0.717, 1.165) is 6.07 Å². The maximum Gasteiger partial charge on any atom is 0.326 e. The number of aliphatic carboxylic acids is 1. The van der Waals surface area contributed by atoms with E-state index in [4.69, 9.17) is 10.8 Å². The van der Waals surface area contributed by atoms with E-state index in [0.29, 0.717) is 0 Å². The second kappa shape index (κ2) is 7.07. The monoisotopic (exact) mass is 283 g/mol. The molecule has 0 heterocycles. The summed E-state index contributed by atoms with van der Waals surface area (Å²) in [6, 6.07) is 3.28. The third-order valence-electron chi connectivity index (χ3n) is 2.40. The number of amides is 3. The van der Waals surface area contributed by atoms with Crippen LogP contribution in [0.2, 0.25) is 0 Å². The van der Waals surface area contributed by atoms with Gasteiger partial charge in [-0.25, -0.2) is 14.0 Å². The quantitative estimate of drug-likeness (QED) is 0.612. The van der Waals surface area contributed by atoms with Crippen LogP contribution in [0.1, 0.15) is 12.8 Å². The largest absolute Gasteiger partial charge is 0.480 e. The molecule has 1 aromatic rings. The molecule has 0 unspecified atom stereocenters. The molecule has 0 aliphatic carbocycles. The molecule has 5 N–H and O–H groups in total. The first-order valence-corrected chi connectivity index (χ1v) is 5.73. The predicted molar refractivity (Wildman–Crippen MR) is 68.4 cm³/mol. The molecule has 0 aromatic heterocycles. The van der Waals surface area contributed by atoms with Crippen molar-refractivity contribution in [2.45, 2.75) is 18.9 Å². The van der Waals surface area contributed by atoms with Crippen molar-refractivity contribution in [2.75, 3.05) is 5.32 Å². The van der Waals surface area contributed by atoms with Crippen LogP contribution in [-0.4, -0.2) is 29.1 Å². The Morgan fingerprint density at radius 1 is 1.30 bits per heavy atom. The molecule has 0 radical (unpaired) electrons. The number of urea groups is 1. The zero-order valence-electron chi connectivity index (χ0n) is 10.4. The predicted octanol–water partition coefficient (Wildman–Crippen LogP) is 0.666. The summed E-state index contributed by atoms with van der Waals surface area (Å²) in [7, 11) is 0. The highest BCUT2D eigenvalue weighted by Crippen LogP contribution is 2.12. The first-order chi connectivity index (χ1) is 9.40. The number of nitrogens with one attached hydrogen (secondary N) is 2. The van der Waals surface area contributed by atoms with Crippen LogP contribution < -0.4 is 16.4 Å². The second-order valence-electron chi connectivity index (χ2n) is 3.97. The van der Waals surface area contributed by atoms with Crippen molar-refractivity contribution in [2.24, 2.45) is 5.73 Å². The summed E-state index contributed by atoms with van der Waals surface area (Å²) in [5.41, 5.74) is 4.83. The molecule has 0 bridgehead atoms. The minimum Gasteiger partial charge on any atom is -0.480 e. The van der Waals surface area contributed by atoms with Gasteiger partial charge in [-0.2, -0.15) is 0 Å². The smallest absolute Gasteiger partial charge is 0.326 e. The lowest BCUT2D eigenvalue weighted by atomic mass is 10.1. The number of nitrogens with two attached hydrogens (primary N) is 1. The van der Waals surface area contributed by atoms with Crippen LogP contribution in [0.25, 0.3) is 0 Å². The molecule has 1 atom stereocenters. The molecule has 0 aliphatic rings. The van der Waals surface area contributed by atoms with Crippen molar-refractivity contribution in [3.8, 4) is 0 Å². The Bertz CT molecular complexity index is 521. The van der Waals surface area contributed by atoms with Crippen molar-refractivity contribution in [3.63, 3.8) is 0 Å². The topological polar surface area (TPSA) is 122 Å². The van der Waals surface area contributed by atoms with Gasteiger partial charge in [0.05, 0.1) is 5.69 Å². The van der Waals surface area contributed by atoms with Crippen LogP contribution in [0.3, 0.4) is 0 Å². The van der Waals surface area contributed by atoms with E-state index in [1.54, 1.807) is 0 Å². The summed E-state index contributed by atoms with van der Waals surface area (Å²) in [5.74, 6) is -2.63. The van der Waals surface area contributed by atoms with Gasteiger partial charge in [0.1, 0.15) is 11.9 Å². The summed E-state index contributed by atoms with van der Waals surface area (Å²) in [6.07, 6.45) is -0.327. The van der Waals surface area contributed by atoms with Gasteiger partial charge in [-0.3, -0.25) is 4.79 Å². The number of rotatable bonds is 6. The van der Waals surface area contributed by atoms with Gasteiger partial charge in [0.25, 0.3) is 0 Å². The number of halogens is 1. The zero-order chi connectivity index (χ0) is 15.1. The first-order valence-electron chi connectivity index (χ1n) is 5.73. The molecule has 0 saturated heterocycles. The number of carbonyl (C=O) groups excluding carboxylic acids is 2. The molecule has 7 nitrogen and oxygen atoms in total. The van der Waals surface area contributed by atoms with Crippen molar-refractivity contribution in [1.29, 1.82) is 0 Å². The van der Waals surface area contributed by atoms with Crippen molar-refractivity contribution in [3.05, 3.63) is 30.1 Å². The fraction of sp³-hybridized carbons (Fsp3) is 0.250. The van der Waals surface area contributed by atoms with E-state index < -0.39 is 29.8 Å². The standard InChI is InChI=1S/C12H14FN3O4/c13-7-3-1-2-4-8(7)15-12(20)16-9(11(18)19)5-6-10(14)17/h1-4,9H,5-6H2,(H2,14,17)(H,18,19)(H2,15,16,20)/t9-/m1/s1. The molecule has 0 saturated carbocycles. The molecule has 0 spiro atoms. The van der Waals surface area contributed by atoms with Gasteiger partial charge < -0.3 is 21.5 Å². The van der Waals surface area contributed by atoms with E-state index >= 15 is 0 Å². The van der Waals surface area contributed by atoms with Gasteiger partial charge in [-0.15, -0.1) is 0 Å². The maximum atomic E-state index is 13.3. The molecule has 3 amide bonds. The lowest BCUT2D eigenvalue weighted by molar-refractivity contribution is -0.139. The number of carboxylic acids is 1. The van der Waals surface area contributed by atoms with Crippen molar-refractivity contribution in [1.82, 2.24) is 5.32 Å². The fourth-order valence-corrected chi connectivity index (χ4v) is 1.42. The molecular formula is C12H14FN3O4. The van der Waals surface area contributed by atoms with E-state index in [1.165, 1.54) is 18.2 Å². The van der Waals surface area contributed by atoms with Crippen LogP contribution in [0.5, 0.6) is 0 Å². The molecule has 0 aliphatic heterocycles. The summed E-state index contributed by atoms with van der Waals surface area (Å²) < 4.78 is 13.3. The molecule has 8 heteroatoms. The Hall–Kier alpha value is -2.64. The highest BCUT2D eigenvalue weighted by Gasteiger charge is 2.20. The number of carbonyl (C=O) groups is 3. The Kier molecular flexibility index (Phi) is 5.45. The third kappa shape index (κ3) is 4.92. The van der Waals surface area contributed by atoms with Gasteiger partial charge >= 0.3 is 12.0 Å². The highest BCUT2D eigenvalue weighted by molar-refractivity contribution is 5.92.